The molecule has 22 heavy (non-hydrogen) atoms. The van der Waals surface area contributed by atoms with Crippen molar-refractivity contribution in [2.75, 3.05) is 0 Å². The summed E-state index contributed by atoms with van der Waals surface area (Å²) >= 11 is 0. The number of benzene rings is 1. The standard InChI is InChI=1S/C19H26N2O/c1-6-21-18(16-8-7-14(4)15(5)11-16)10-9-17(19(21)22)12-20-13(2)3/h7-11,13,20H,6,12H2,1-5H3. The van der Waals surface area contributed by atoms with Crippen LogP contribution in [0.5, 0.6) is 0 Å². The van der Waals surface area contributed by atoms with Gasteiger partial charge in [0.25, 0.3) is 5.56 Å². The van der Waals surface area contributed by atoms with Crippen LogP contribution in [0.1, 0.15) is 37.5 Å². The van der Waals surface area contributed by atoms with Crippen LogP contribution in [-0.4, -0.2) is 10.6 Å². The van der Waals surface area contributed by atoms with Crippen LogP contribution in [0.3, 0.4) is 0 Å². The molecule has 0 fully saturated rings. The molecule has 118 valence electrons. The number of hydrogen-bond donors (Lipinski definition) is 1. The van der Waals surface area contributed by atoms with Crippen LogP contribution in [-0.2, 0) is 13.1 Å². The molecule has 0 atom stereocenters. The lowest BCUT2D eigenvalue weighted by Crippen LogP contribution is -2.30. The van der Waals surface area contributed by atoms with Crippen molar-refractivity contribution >= 4 is 0 Å². The number of hydrogen-bond acceptors (Lipinski definition) is 2. The van der Waals surface area contributed by atoms with E-state index in [0.29, 0.717) is 19.1 Å². The van der Waals surface area contributed by atoms with E-state index in [1.165, 1.54) is 11.1 Å². The summed E-state index contributed by atoms with van der Waals surface area (Å²) in [4.78, 5) is 12.7. The zero-order valence-corrected chi connectivity index (χ0v) is 14.2. The normalized spacial score (nSPS) is 11.2. The second-order valence-corrected chi connectivity index (χ2v) is 6.13. The monoisotopic (exact) mass is 298 g/mol. The van der Waals surface area contributed by atoms with Gasteiger partial charge in [0.1, 0.15) is 0 Å². The van der Waals surface area contributed by atoms with Crippen LogP contribution < -0.4 is 10.9 Å². The molecule has 0 saturated heterocycles. The quantitative estimate of drug-likeness (QED) is 0.914. The third-order valence-corrected chi connectivity index (χ3v) is 4.07. The first-order valence-corrected chi connectivity index (χ1v) is 7.97. The van der Waals surface area contributed by atoms with Crippen LogP contribution >= 0.6 is 0 Å². The molecule has 1 aromatic carbocycles. The minimum absolute atomic E-state index is 0.103. The van der Waals surface area contributed by atoms with Gasteiger partial charge in [0.15, 0.2) is 0 Å². The summed E-state index contributed by atoms with van der Waals surface area (Å²) in [5, 5.41) is 3.32. The molecule has 0 unspecified atom stereocenters. The smallest absolute Gasteiger partial charge is 0.255 e. The summed E-state index contributed by atoms with van der Waals surface area (Å²) in [5.74, 6) is 0. The molecule has 2 aromatic rings. The summed E-state index contributed by atoms with van der Waals surface area (Å²) in [5.41, 5.74) is 5.54. The fourth-order valence-corrected chi connectivity index (χ4v) is 2.54. The summed E-state index contributed by atoms with van der Waals surface area (Å²) in [7, 11) is 0. The fraction of sp³-hybridized carbons (Fsp3) is 0.421. The van der Waals surface area contributed by atoms with Crippen LogP contribution in [0.2, 0.25) is 0 Å². The van der Waals surface area contributed by atoms with Gasteiger partial charge in [0.05, 0.1) is 5.69 Å². The number of nitrogens with one attached hydrogen (secondary N) is 1. The third-order valence-electron chi connectivity index (χ3n) is 4.07. The molecule has 3 heteroatoms. The minimum atomic E-state index is 0.103. The molecule has 0 saturated carbocycles. The van der Waals surface area contributed by atoms with Gasteiger partial charge in [-0.15, -0.1) is 0 Å². The average molecular weight is 298 g/mol. The lowest BCUT2D eigenvalue weighted by Gasteiger charge is -2.15. The number of aromatic nitrogens is 1. The summed E-state index contributed by atoms with van der Waals surface area (Å²) in [6, 6.07) is 10.7. The first-order chi connectivity index (χ1) is 10.4. The van der Waals surface area contributed by atoms with Crippen LogP contribution in [0.4, 0.5) is 0 Å². The molecule has 0 amide bonds. The Bertz CT molecular complexity index is 714. The molecule has 1 heterocycles. The Kier molecular flexibility index (Phi) is 5.19. The maximum atomic E-state index is 12.7. The van der Waals surface area contributed by atoms with Gasteiger partial charge < -0.3 is 9.88 Å². The van der Waals surface area contributed by atoms with Crippen molar-refractivity contribution in [1.82, 2.24) is 9.88 Å². The van der Waals surface area contributed by atoms with Crippen molar-refractivity contribution < 1.29 is 0 Å². The van der Waals surface area contributed by atoms with E-state index in [4.69, 9.17) is 0 Å². The van der Waals surface area contributed by atoms with Gasteiger partial charge in [-0.2, -0.15) is 0 Å². The SMILES string of the molecule is CCn1c(-c2ccc(C)c(C)c2)ccc(CNC(C)C)c1=O. The van der Waals surface area contributed by atoms with Crippen molar-refractivity contribution in [2.45, 2.75) is 53.8 Å². The molecule has 2 rings (SSSR count). The van der Waals surface area contributed by atoms with E-state index in [0.717, 1.165) is 16.8 Å². The Labute approximate surface area is 133 Å². The Morgan fingerprint density at radius 1 is 1.09 bits per heavy atom. The lowest BCUT2D eigenvalue weighted by atomic mass is 10.0. The van der Waals surface area contributed by atoms with E-state index in [-0.39, 0.29) is 5.56 Å². The van der Waals surface area contributed by atoms with Gasteiger partial charge in [-0.05, 0) is 49.6 Å². The van der Waals surface area contributed by atoms with Crippen LogP contribution in [0.25, 0.3) is 11.3 Å². The number of nitrogens with zero attached hydrogens (tertiary/aromatic N) is 1. The highest BCUT2D eigenvalue weighted by atomic mass is 16.1. The second kappa shape index (κ2) is 6.93. The van der Waals surface area contributed by atoms with Gasteiger partial charge in [-0.1, -0.05) is 32.0 Å². The molecule has 0 radical (unpaired) electrons. The second-order valence-electron chi connectivity index (χ2n) is 6.13. The Balaban J connectivity index is 2.47. The molecule has 0 bridgehead atoms. The maximum Gasteiger partial charge on any atom is 0.255 e. The van der Waals surface area contributed by atoms with Crippen LogP contribution in [0.15, 0.2) is 35.1 Å². The number of aryl methyl sites for hydroxylation is 2. The first-order valence-electron chi connectivity index (χ1n) is 7.97. The highest BCUT2D eigenvalue weighted by Crippen LogP contribution is 2.21. The number of rotatable bonds is 5. The van der Waals surface area contributed by atoms with Gasteiger partial charge >= 0.3 is 0 Å². The number of pyridine rings is 1. The van der Waals surface area contributed by atoms with E-state index in [1.807, 2.05) is 17.6 Å². The van der Waals surface area contributed by atoms with Gasteiger partial charge in [-0.3, -0.25) is 4.79 Å². The van der Waals surface area contributed by atoms with E-state index >= 15 is 0 Å². The fourth-order valence-electron chi connectivity index (χ4n) is 2.54. The maximum absolute atomic E-state index is 12.7. The van der Waals surface area contributed by atoms with Crippen LogP contribution in [0, 0.1) is 13.8 Å². The highest BCUT2D eigenvalue weighted by molar-refractivity contribution is 5.61. The molecule has 1 N–H and O–H groups in total. The molecule has 3 nitrogen and oxygen atoms in total. The zero-order valence-electron chi connectivity index (χ0n) is 14.2. The predicted octanol–water partition coefficient (Wildman–Crippen LogP) is 3.65. The topological polar surface area (TPSA) is 34.0 Å². The third kappa shape index (κ3) is 3.47. The first kappa shape index (κ1) is 16.5. The van der Waals surface area contributed by atoms with Crippen molar-refractivity contribution in [3.8, 4) is 11.3 Å². The molecule has 0 aliphatic heterocycles. The summed E-state index contributed by atoms with van der Waals surface area (Å²) in [6.45, 7) is 11.7. The molecular weight excluding hydrogens is 272 g/mol. The average Bonchev–Trinajstić information content (AvgIpc) is 2.48. The van der Waals surface area contributed by atoms with E-state index in [9.17, 15) is 4.79 Å². The Hall–Kier alpha value is -1.87. The zero-order chi connectivity index (χ0) is 16.3. The summed E-state index contributed by atoms with van der Waals surface area (Å²) < 4.78 is 1.86. The molecular formula is C19H26N2O. The minimum Gasteiger partial charge on any atom is -0.310 e. The van der Waals surface area contributed by atoms with Crippen molar-refractivity contribution in [2.24, 2.45) is 0 Å². The molecule has 1 aromatic heterocycles. The lowest BCUT2D eigenvalue weighted by molar-refractivity contribution is 0.580. The Morgan fingerprint density at radius 3 is 2.41 bits per heavy atom. The Morgan fingerprint density at radius 2 is 1.82 bits per heavy atom. The molecule has 0 aliphatic carbocycles. The van der Waals surface area contributed by atoms with Crippen molar-refractivity contribution in [3.05, 3.63) is 57.4 Å². The van der Waals surface area contributed by atoms with Gasteiger partial charge in [0, 0.05) is 24.7 Å². The van der Waals surface area contributed by atoms with Crippen molar-refractivity contribution in [3.63, 3.8) is 0 Å². The molecule has 0 spiro atoms. The molecule has 0 aliphatic rings. The summed E-state index contributed by atoms with van der Waals surface area (Å²) in [6.07, 6.45) is 0. The van der Waals surface area contributed by atoms with E-state index in [1.54, 1.807) is 0 Å². The van der Waals surface area contributed by atoms with Crippen molar-refractivity contribution in [1.29, 1.82) is 0 Å². The largest absolute Gasteiger partial charge is 0.310 e. The van der Waals surface area contributed by atoms with E-state index in [2.05, 4.69) is 57.3 Å². The highest BCUT2D eigenvalue weighted by Gasteiger charge is 2.10. The van der Waals surface area contributed by atoms with E-state index < -0.39 is 0 Å². The van der Waals surface area contributed by atoms with Gasteiger partial charge in [-0.25, -0.2) is 0 Å². The predicted molar refractivity (Wildman–Crippen MR) is 93.3 cm³/mol. The van der Waals surface area contributed by atoms with Gasteiger partial charge in [0.2, 0.25) is 0 Å².